The second kappa shape index (κ2) is 5.78. The van der Waals surface area contributed by atoms with Gasteiger partial charge in [-0.1, -0.05) is 31.2 Å². The summed E-state index contributed by atoms with van der Waals surface area (Å²) in [5.74, 6) is 0.579. The largest absolute Gasteiger partial charge is 0.346 e. The van der Waals surface area contributed by atoms with Crippen LogP contribution in [0.25, 0.3) is 0 Å². The molecule has 1 aromatic carbocycles. The van der Waals surface area contributed by atoms with Gasteiger partial charge in [-0.25, -0.2) is 4.98 Å². The summed E-state index contributed by atoms with van der Waals surface area (Å²) in [5.41, 5.74) is 4.34. The molecule has 2 aromatic rings. The minimum atomic E-state index is 0.162. The van der Waals surface area contributed by atoms with Gasteiger partial charge in [0, 0.05) is 0 Å². The maximum Gasteiger partial charge on any atom is 0.243 e. The van der Waals surface area contributed by atoms with E-state index in [1.165, 1.54) is 11.1 Å². The number of aromatic nitrogens is 3. The van der Waals surface area contributed by atoms with E-state index in [-0.39, 0.29) is 6.04 Å². The van der Waals surface area contributed by atoms with Crippen LogP contribution >= 0.6 is 0 Å². The molecule has 1 N–H and O–H groups in total. The average molecular weight is 256 g/mol. The molecule has 4 heteroatoms. The molecule has 0 bridgehead atoms. The fraction of sp³-hybridized carbons (Fsp3) is 0.400. The lowest BCUT2D eigenvalue weighted by Gasteiger charge is -2.14. The van der Waals surface area contributed by atoms with Crippen LogP contribution in [0.2, 0.25) is 0 Å². The second-order valence-corrected chi connectivity index (χ2v) is 4.77. The summed E-state index contributed by atoms with van der Waals surface area (Å²) in [4.78, 5) is 4.39. The number of anilines is 1. The van der Waals surface area contributed by atoms with E-state index in [0.29, 0.717) is 5.95 Å². The summed E-state index contributed by atoms with van der Waals surface area (Å²) in [6.45, 7) is 8.10. The Morgan fingerprint density at radius 3 is 2.32 bits per heavy atom. The lowest BCUT2D eigenvalue weighted by molar-refractivity contribution is 0.820. The van der Waals surface area contributed by atoms with Gasteiger partial charge in [-0.2, -0.15) is 5.10 Å². The van der Waals surface area contributed by atoms with E-state index in [9.17, 15) is 0 Å². The Labute approximate surface area is 114 Å². The van der Waals surface area contributed by atoms with Crippen LogP contribution in [0.5, 0.6) is 0 Å². The van der Waals surface area contributed by atoms with Crippen LogP contribution in [0.1, 0.15) is 42.4 Å². The summed E-state index contributed by atoms with van der Waals surface area (Å²) in [5, 5.41) is 11.4. The van der Waals surface area contributed by atoms with E-state index in [4.69, 9.17) is 0 Å². The molecule has 0 amide bonds. The molecule has 1 aromatic heterocycles. The molecule has 0 saturated heterocycles. The molecule has 19 heavy (non-hydrogen) atoms. The molecule has 100 valence electrons. The van der Waals surface area contributed by atoms with E-state index in [1.807, 2.05) is 13.8 Å². The first-order valence-corrected chi connectivity index (χ1v) is 6.63. The summed E-state index contributed by atoms with van der Waals surface area (Å²) >= 11 is 0. The highest BCUT2D eigenvalue weighted by atomic mass is 15.2. The molecule has 0 aliphatic rings. The second-order valence-electron chi connectivity index (χ2n) is 4.77. The number of benzene rings is 1. The molecule has 1 unspecified atom stereocenters. The third-order valence-corrected chi connectivity index (χ3v) is 3.33. The first kappa shape index (κ1) is 13.5. The molecule has 1 heterocycles. The van der Waals surface area contributed by atoms with E-state index in [1.54, 1.807) is 0 Å². The molecule has 2 rings (SSSR count). The SMILES string of the molecule is CCc1ccc(C(C)Nc2nnc(C)c(C)n2)cc1. The zero-order valence-corrected chi connectivity index (χ0v) is 11.9. The highest BCUT2D eigenvalue weighted by molar-refractivity contribution is 5.33. The highest BCUT2D eigenvalue weighted by Gasteiger charge is 2.08. The lowest BCUT2D eigenvalue weighted by atomic mass is 10.1. The number of rotatable bonds is 4. The molecular weight excluding hydrogens is 236 g/mol. The Hall–Kier alpha value is -1.97. The number of nitrogens with one attached hydrogen (secondary N) is 1. The molecule has 0 radical (unpaired) electrons. The standard InChI is InChI=1S/C15H20N4/c1-5-13-6-8-14(9-7-13)12(4)17-15-16-10(2)11(3)18-19-15/h6-9,12H,5H2,1-4H3,(H,16,17,19). The van der Waals surface area contributed by atoms with Crippen molar-refractivity contribution in [2.45, 2.75) is 40.2 Å². The molecule has 0 aliphatic carbocycles. The monoisotopic (exact) mass is 256 g/mol. The van der Waals surface area contributed by atoms with Crippen molar-refractivity contribution < 1.29 is 0 Å². The Morgan fingerprint density at radius 2 is 1.74 bits per heavy atom. The van der Waals surface area contributed by atoms with Gasteiger partial charge in [0.05, 0.1) is 17.4 Å². The predicted octanol–water partition coefficient (Wildman–Crippen LogP) is 3.22. The summed E-state index contributed by atoms with van der Waals surface area (Å²) in [6, 6.07) is 8.77. The van der Waals surface area contributed by atoms with Gasteiger partial charge >= 0.3 is 0 Å². The van der Waals surface area contributed by atoms with E-state index >= 15 is 0 Å². The summed E-state index contributed by atoms with van der Waals surface area (Å²) in [7, 11) is 0. The Morgan fingerprint density at radius 1 is 1.05 bits per heavy atom. The summed E-state index contributed by atoms with van der Waals surface area (Å²) < 4.78 is 0. The van der Waals surface area contributed by atoms with Crippen molar-refractivity contribution in [1.82, 2.24) is 15.2 Å². The number of nitrogens with zero attached hydrogens (tertiary/aromatic N) is 3. The highest BCUT2D eigenvalue weighted by Crippen LogP contribution is 2.17. The Bertz CT molecular complexity index is 549. The predicted molar refractivity (Wildman–Crippen MR) is 77.2 cm³/mol. The first-order chi connectivity index (χ1) is 9.10. The maximum absolute atomic E-state index is 4.39. The van der Waals surface area contributed by atoms with Crippen LogP contribution in [0.3, 0.4) is 0 Å². The molecular formula is C15H20N4. The van der Waals surface area contributed by atoms with Gasteiger partial charge in [0.25, 0.3) is 0 Å². The summed E-state index contributed by atoms with van der Waals surface area (Å²) in [6.07, 6.45) is 1.06. The van der Waals surface area contributed by atoms with Gasteiger partial charge in [-0.05, 0) is 38.3 Å². The molecule has 0 aliphatic heterocycles. The van der Waals surface area contributed by atoms with Crippen LogP contribution in [0.15, 0.2) is 24.3 Å². The molecule has 0 spiro atoms. The third kappa shape index (κ3) is 3.28. The molecule has 0 fully saturated rings. The Kier molecular flexibility index (Phi) is 4.10. The first-order valence-electron chi connectivity index (χ1n) is 6.63. The number of aryl methyl sites for hydroxylation is 3. The van der Waals surface area contributed by atoms with Crippen molar-refractivity contribution in [3.63, 3.8) is 0 Å². The van der Waals surface area contributed by atoms with Gasteiger partial charge < -0.3 is 5.32 Å². The zero-order chi connectivity index (χ0) is 13.8. The quantitative estimate of drug-likeness (QED) is 0.912. The minimum absolute atomic E-state index is 0.162. The fourth-order valence-electron chi connectivity index (χ4n) is 1.84. The molecule has 1 atom stereocenters. The van der Waals surface area contributed by atoms with Crippen molar-refractivity contribution in [3.05, 3.63) is 46.8 Å². The number of hydrogen-bond donors (Lipinski definition) is 1. The van der Waals surface area contributed by atoms with Gasteiger partial charge in [0.2, 0.25) is 5.95 Å². The fourth-order valence-corrected chi connectivity index (χ4v) is 1.84. The third-order valence-electron chi connectivity index (χ3n) is 3.33. The lowest BCUT2D eigenvalue weighted by Crippen LogP contribution is -2.11. The van der Waals surface area contributed by atoms with Crippen LogP contribution in [0, 0.1) is 13.8 Å². The molecule has 0 saturated carbocycles. The average Bonchev–Trinajstić information content (AvgIpc) is 2.43. The van der Waals surface area contributed by atoms with E-state index < -0.39 is 0 Å². The van der Waals surface area contributed by atoms with Crippen molar-refractivity contribution in [2.75, 3.05) is 5.32 Å². The topological polar surface area (TPSA) is 50.7 Å². The van der Waals surface area contributed by atoms with Gasteiger partial charge in [0.1, 0.15) is 0 Å². The van der Waals surface area contributed by atoms with E-state index in [0.717, 1.165) is 17.8 Å². The number of hydrogen-bond acceptors (Lipinski definition) is 4. The van der Waals surface area contributed by atoms with Crippen molar-refractivity contribution >= 4 is 5.95 Å². The van der Waals surface area contributed by atoms with Crippen molar-refractivity contribution in [1.29, 1.82) is 0 Å². The Balaban J connectivity index is 2.10. The van der Waals surface area contributed by atoms with Crippen LogP contribution < -0.4 is 5.32 Å². The van der Waals surface area contributed by atoms with Crippen LogP contribution in [-0.4, -0.2) is 15.2 Å². The van der Waals surface area contributed by atoms with Crippen molar-refractivity contribution in [3.8, 4) is 0 Å². The van der Waals surface area contributed by atoms with Crippen LogP contribution in [-0.2, 0) is 6.42 Å². The zero-order valence-electron chi connectivity index (χ0n) is 11.9. The maximum atomic E-state index is 4.39. The van der Waals surface area contributed by atoms with Gasteiger partial charge in [-0.3, -0.25) is 0 Å². The minimum Gasteiger partial charge on any atom is -0.346 e. The van der Waals surface area contributed by atoms with E-state index in [2.05, 4.69) is 58.6 Å². The van der Waals surface area contributed by atoms with Gasteiger partial charge in [0.15, 0.2) is 0 Å². The van der Waals surface area contributed by atoms with Crippen LogP contribution in [0.4, 0.5) is 5.95 Å². The van der Waals surface area contributed by atoms with Crippen molar-refractivity contribution in [2.24, 2.45) is 0 Å². The molecule has 4 nitrogen and oxygen atoms in total. The smallest absolute Gasteiger partial charge is 0.243 e. The van der Waals surface area contributed by atoms with Gasteiger partial charge in [-0.15, -0.1) is 5.10 Å². The normalized spacial score (nSPS) is 12.2.